The lowest BCUT2D eigenvalue weighted by Gasteiger charge is -2.12. The third kappa shape index (κ3) is 1.90. The Morgan fingerprint density at radius 1 is 1.06 bits per heavy atom. The van der Waals surface area contributed by atoms with E-state index in [1.807, 2.05) is 22.8 Å². The van der Waals surface area contributed by atoms with Crippen LogP contribution in [-0.4, -0.2) is 10.2 Å². The number of rotatable bonds is 2. The van der Waals surface area contributed by atoms with Gasteiger partial charge in [-0.25, -0.2) is 0 Å². The van der Waals surface area contributed by atoms with Crippen molar-refractivity contribution in [3.8, 4) is 11.5 Å². The van der Waals surface area contributed by atoms with Crippen LogP contribution in [0.5, 0.6) is 11.5 Å². The summed E-state index contributed by atoms with van der Waals surface area (Å²) in [6.07, 6.45) is 1.59. The fourth-order valence-corrected chi connectivity index (χ4v) is 2.33. The molecule has 0 saturated heterocycles. The molecule has 0 fully saturated rings. The molecule has 0 bridgehead atoms. The van der Waals surface area contributed by atoms with Crippen LogP contribution in [0.15, 0.2) is 24.4 Å². The van der Waals surface area contributed by atoms with E-state index in [1.165, 1.54) is 0 Å². The molecule has 2 rings (SSSR count). The SMILES string of the molecule is CC(C)c1cccc2c1c(O)c(O)c[n+]2C(C)C. The Morgan fingerprint density at radius 3 is 2.28 bits per heavy atom. The number of hydrogen-bond acceptors (Lipinski definition) is 2. The van der Waals surface area contributed by atoms with Gasteiger partial charge in [0.1, 0.15) is 0 Å². The highest BCUT2D eigenvalue weighted by Crippen LogP contribution is 2.36. The highest BCUT2D eigenvalue weighted by Gasteiger charge is 2.22. The number of nitrogens with zero attached hydrogens (tertiary/aromatic N) is 1. The van der Waals surface area contributed by atoms with Crippen LogP contribution in [0.25, 0.3) is 10.9 Å². The summed E-state index contributed by atoms with van der Waals surface area (Å²) in [5, 5.41) is 20.8. The van der Waals surface area contributed by atoms with E-state index in [9.17, 15) is 10.2 Å². The first-order chi connectivity index (χ1) is 8.43. The van der Waals surface area contributed by atoms with Crippen molar-refractivity contribution in [2.75, 3.05) is 0 Å². The minimum atomic E-state index is -0.0655. The maximum atomic E-state index is 10.1. The summed E-state index contributed by atoms with van der Waals surface area (Å²) in [4.78, 5) is 0. The van der Waals surface area contributed by atoms with Crippen molar-refractivity contribution in [1.82, 2.24) is 0 Å². The molecule has 96 valence electrons. The summed E-state index contributed by atoms with van der Waals surface area (Å²) in [5.41, 5.74) is 2.00. The first-order valence-electron chi connectivity index (χ1n) is 6.32. The van der Waals surface area contributed by atoms with Crippen molar-refractivity contribution in [2.45, 2.75) is 39.7 Å². The standard InChI is InChI=1S/C15H19NO2/c1-9(2)11-6-5-7-12-14(11)15(18)13(17)8-16(12)10(3)4/h5-10,17H,1-4H3/p+1. The molecule has 0 aliphatic heterocycles. The van der Waals surface area contributed by atoms with E-state index in [-0.39, 0.29) is 17.5 Å². The second-order valence-electron chi connectivity index (χ2n) is 5.26. The fraction of sp³-hybridized carbons (Fsp3) is 0.400. The van der Waals surface area contributed by atoms with Crippen LogP contribution < -0.4 is 4.57 Å². The van der Waals surface area contributed by atoms with Crippen molar-refractivity contribution in [1.29, 1.82) is 0 Å². The van der Waals surface area contributed by atoms with Crippen LogP contribution in [0.2, 0.25) is 0 Å². The summed E-state index contributed by atoms with van der Waals surface area (Å²) in [6, 6.07) is 6.19. The zero-order chi connectivity index (χ0) is 13.4. The number of fused-ring (bicyclic) bond motifs is 1. The van der Waals surface area contributed by atoms with Crippen molar-refractivity contribution < 1.29 is 14.8 Å². The van der Waals surface area contributed by atoms with E-state index >= 15 is 0 Å². The Labute approximate surface area is 107 Å². The topological polar surface area (TPSA) is 44.3 Å². The largest absolute Gasteiger partial charge is 0.504 e. The van der Waals surface area contributed by atoms with Gasteiger partial charge in [0, 0.05) is 6.07 Å². The Bertz CT molecular complexity index is 583. The van der Waals surface area contributed by atoms with Crippen molar-refractivity contribution in [3.05, 3.63) is 30.0 Å². The molecule has 0 aliphatic rings. The molecule has 2 N–H and O–H groups in total. The Kier molecular flexibility index (Phi) is 3.16. The summed E-state index contributed by atoms with van der Waals surface area (Å²) in [6.45, 7) is 8.27. The minimum Gasteiger partial charge on any atom is -0.504 e. The third-order valence-corrected chi connectivity index (χ3v) is 3.27. The molecule has 3 nitrogen and oxygen atoms in total. The lowest BCUT2D eigenvalue weighted by Crippen LogP contribution is -2.36. The molecule has 1 aromatic carbocycles. The van der Waals surface area contributed by atoms with Gasteiger partial charge in [-0.15, -0.1) is 0 Å². The molecule has 0 atom stereocenters. The third-order valence-electron chi connectivity index (χ3n) is 3.27. The second-order valence-corrected chi connectivity index (χ2v) is 5.26. The van der Waals surface area contributed by atoms with Crippen LogP contribution in [0, 0.1) is 0 Å². The molecule has 3 heteroatoms. The molecule has 0 unspecified atom stereocenters. The molecule has 0 saturated carbocycles. The predicted octanol–water partition coefficient (Wildman–Crippen LogP) is 3.24. The maximum Gasteiger partial charge on any atom is 0.223 e. The molecule has 0 radical (unpaired) electrons. The molecule has 0 spiro atoms. The summed E-state index contributed by atoms with van der Waals surface area (Å²) >= 11 is 0. The van der Waals surface area contributed by atoms with Gasteiger partial charge in [-0.2, -0.15) is 4.57 Å². The maximum absolute atomic E-state index is 10.1. The first kappa shape index (κ1) is 12.7. The van der Waals surface area contributed by atoms with E-state index in [0.29, 0.717) is 5.92 Å². The van der Waals surface area contributed by atoms with Gasteiger partial charge in [-0.05, 0) is 25.3 Å². The van der Waals surface area contributed by atoms with Gasteiger partial charge < -0.3 is 10.2 Å². The molecule has 0 aliphatic carbocycles. The van der Waals surface area contributed by atoms with Gasteiger partial charge in [0.15, 0.2) is 11.8 Å². The summed E-state index contributed by atoms with van der Waals surface area (Å²) in [7, 11) is 0. The quantitative estimate of drug-likeness (QED) is 0.799. The lowest BCUT2D eigenvalue weighted by atomic mass is 9.97. The van der Waals surface area contributed by atoms with Crippen LogP contribution in [0.3, 0.4) is 0 Å². The van der Waals surface area contributed by atoms with Gasteiger partial charge in [0.2, 0.25) is 17.5 Å². The van der Waals surface area contributed by atoms with Crippen molar-refractivity contribution >= 4 is 10.9 Å². The van der Waals surface area contributed by atoms with E-state index < -0.39 is 0 Å². The van der Waals surface area contributed by atoms with Gasteiger partial charge in [-0.1, -0.05) is 26.0 Å². The molecule has 2 aromatic rings. The second kappa shape index (κ2) is 4.48. The molecule has 1 aromatic heterocycles. The van der Waals surface area contributed by atoms with E-state index in [2.05, 4.69) is 27.7 Å². The zero-order valence-electron chi connectivity index (χ0n) is 11.3. The Balaban J connectivity index is 2.93. The minimum absolute atomic E-state index is 0.0220. The van der Waals surface area contributed by atoms with Crippen LogP contribution in [-0.2, 0) is 0 Å². The highest BCUT2D eigenvalue weighted by molar-refractivity contribution is 5.88. The number of aromatic nitrogens is 1. The highest BCUT2D eigenvalue weighted by atomic mass is 16.3. The van der Waals surface area contributed by atoms with Gasteiger partial charge in [-0.3, -0.25) is 0 Å². The summed E-state index contributed by atoms with van der Waals surface area (Å²) < 4.78 is 1.98. The molecular weight excluding hydrogens is 226 g/mol. The average molecular weight is 246 g/mol. The van der Waals surface area contributed by atoms with E-state index in [1.54, 1.807) is 6.20 Å². The van der Waals surface area contributed by atoms with Gasteiger partial charge in [0.05, 0.1) is 5.39 Å². The van der Waals surface area contributed by atoms with Gasteiger partial charge >= 0.3 is 0 Å². The van der Waals surface area contributed by atoms with E-state index in [4.69, 9.17) is 0 Å². The Morgan fingerprint density at radius 2 is 1.72 bits per heavy atom. The molecular formula is C15H20NO2+. The van der Waals surface area contributed by atoms with Gasteiger partial charge in [0.25, 0.3) is 0 Å². The molecule has 0 amide bonds. The number of hydrogen-bond donors (Lipinski definition) is 2. The lowest BCUT2D eigenvalue weighted by molar-refractivity contribution is -0.691. The molecule has 18 heavy (non-hydrogen) atoms. The summed E-state index contributed by atoms with van der Waals surface area (Å²) in [5.74, 6) is 0.206. The Hall–Kier alpha value is -1.77. The zero-order valence-corrected chi connectivity index (χ0v) is 11.3. The normalized spacial score (nSPS) is 11.7. The predicted molar refractivity (Wildman–Crippen MR) is 71.9 cm³/mol. The number of aromatic hydroxyl groups is 2. The van der Waals surface area contributed by atoms with Crippen LogP contribution in [0.4, 0.5) is 0 Å². The molecule has 1 heterocycles. The van der Waals surface area contributed by atoms with E-state index in [0.717, 1.165) is 16.5 Å². The fourth-order valence-electron chi connectivity index (χ4n) is 2.33. The number of benzene rings is 1. The average Bonchev–Trinajstić information content (AvgIpc) is 2.32. The van der Waals surface area contributed by atoms with Crippen molar-refractivity contribution in [3.63, 3.8) is 0 Å². The van der Waals surface area contributed by atoms with Crippen LogP contribution in [0.1, 0.15) is 45.2 Å². The number of pyridine rings is 1. The van der Waals surface area contributed by atoms with Crippen LogP contribution >= 0.6 is 0 Å². The first-order valence-corrected chi connectivity index (χ1v) is 6.32. The monoisotopic (exact) mass is 246 g/mol. The smallest absolute Gasteiger partial charge is 0.223 e. The van der Waals surface area contributed by atoms with Crippen molar-refractivity contribution in [2.24, 2.45) is 0 Å².